The molecule has 2 heteroatoms. The molecule has 0 aliphatic carbocycles. The second-order valence-corrected chi connectivity index (χ2v) is 4.00. The zero-order valence-corrected chi connectivity index (χ0v) is 9.75. The van der Waals surface area contributed by atoms with E-state index in [-0.39, 0.29) is 5.92 Å². The fourth-order valence-electron chi connectivity index (χ4n) is 2.02. The van der Waals surface area contributed by atoms with E-state index in [1.165, 1.54) is 0 Å². The van der Waals surface area contributed by atoms with Gasteiger partial charge >= 0.3 is 0 Å². The van der Waals surface area contributed by atoms with E-state index in [1.54, 1.807) is 0 Å². The van der Waals surface area contributed by atoms with Gasteiger partial charge in [-0.3, -0.25) is 0 Å². The van der Waals surface area contributed by atoms with Gasteiger partial charge in [-0.1, -0.05) is 65.8 Å². The zero-order chi connectivity index (χ0) is 12.1. The number of benzene rings is 2. The fourth-order valence-corrected chi connectivity index (χ4v) is 2.02. The standard InChI is InChI=1S/C15H15NO/c1-12(16-17)15(13-8-4-2-5-9-13)14-10-6-3-7-11-14/h2-11,15,17H,1H3. The van der Waals surface area contributed by atoms with Gasteiger partial charge in [0.2, 0.25) is 0 Å². The maximum atomic E-state index is 9.02. The van der Waals surface area contributed by atoms with Crippen LogP contribution in [-0.2, 0) is 0 Å². The number of rotatable bonds is 3. The molecular weight excluding hydrogens is 210 g/mol. The van der Waals surface area contributed by atoms with Crippen molar-refractivity contribution in [3.8, 4) is 0 Å². The van der Waals surface area contributed by atoms with Gasteiger partial charge in [-0.2, -0.15) is 0 Å². The lowest BCUT2D eigenvalue weighted by molar-refractivity contribution is 0.317. The van der Waals surface area contributed by atoms with Gasteiger partial charge in [0.05, 0.1) is 11.6 Å². The van der Waals surface area contributed by atoms with Crippen LogP contribution in [-0.4, -0.2) is 10.9 Å². The van der Waals surface area contributed by atoms with E-state index in [1.807, 2.05) is 67.6 Å². The highest BCUT2D eigenvalue weighted by Gasteiger charge is 2.17. The number of hydrogen-bond donors (Lipinski definition) is 1. The Bertz CT molecular complexity index is 451. The monoisotopic (exact) mass is 225 g/mol. The van der Waals surface area contributed by atoms with E-state index in [4.69, 9.17) is 5.21 Å². The van der Waals surface area contributed by atoms with Crippen molar-refractivity contribution in [3.63, 3.8) is 0 Å². The van der Waals surface area contributed by atoms with Crippen molar-refractivity contribution in [2.24, 2.45) is 5.16 Å². The molecule has 2 aromatic rings. The molecule has 2 nitrogen and oxygen atoms in total. The molecule has 17 heavy (non-hydrogen) atoms. The highest BCUT2D eigenvalue weighted by Crippen LogP contribution is 2.25. The third-order valence-corrected chi connectivity index (χ3v) is 2.84. The van der Waals surface area contributed by atoms with Gasteiger partial charge in [-0.05, 0) is 18.1 Å². The summed E-state index contributed by atoms with van der Waals surface area (Å²) in [5.41, 5.74) is 2.96. The third kappa shape index (κ3) is 2.53. The van der Waals surface area contributed by atoms with Gasteiger partial charge in [0.1, 0.15) is 0 Å². The summed E-state index contributed by atoms with van der Waals surface area (Å²) in [4.78, 5) is 0. The van der Waals surface area contributed by atoms with Crippen LogP contribution in [0.25, 0.3) is 0 Å². The van der Waals surface area contributed by atoms with Gasteiger partial charge in [0.25, 0.3) is 0 Å². The quantitative estimate of drug-likeness (QED) is 0.482. The van der Waals surface area contributed by atoms with Gasteiger partial charge in [-0.15, -0.1) is 0 Å². The normalized spacial score (nSPS) is 11.8. The Hall–Kier alpha value is -2.09. The average Bonchev–Trinajstić information content (AvgIpc) is 2.41. The second-order valence-electron chi connectivity index (χ2n) is 4.00. The molecule has 0 bridgehead atoms. The van der Waals surface area contributed by atoms with Crippen molar-refractivity contribution >= 4 is 5.71 Å². The van der Waals surface area contributed by atoms with Crippen molar-refractivity contribution in [2.45, 2.75) is 12.8 Å². The molecule has 0 fully saturated rings. The molecule has 2 rings (SSSR count). The fraction of sp³-hybridized carbons (Fsp3) is 0.133. The van der Waals surface area contributed by atoms with Gasteiger partial charge in [0, 0.05) is 0 Å². The highest BCUT2D eigenvalue weighted by atomic mass is 16.4. The molecule has 0 amide bonds. The van der Waals surface area contributed by atoms with Gasteiger partial charge in [-0.25, -0.2) is 0 Å². The molecule has 2 aromatic carbocycles. The van der Waals surface area contributed by atoms with Crippen molar-refractivity contribution in [1.29, 1.82) is 0 Å². The van der Waals surface area contributed by atoms with Crippen LogP contribution in [0.3, 0.4) is 0 Å². The molecule has 0 saturated carbocycles. The first-order valence-corrected chi connectivity index (χ1v) is 5.61. The summed E-state index contributed by atoms with van der Waals surface area (Å²) in [6.07, 6.45) is 0. The number of hydrogen-bond acceptors (Lipinski definition) is 2. The van der Waals surface area contributed by atoms with Crippen LogP contribution >= 0.6 is 0 Å². The molecule has 0 radical (unpaired) electrons. The third-order valence-electron chi connectivity index (χ3n) is 2.84. The summed E-state index contributed by atoms with van der Waals surface area (Å²) in [7, 11) is 0. The van der Waals surface area contributed by atoms with Gasteiger partial charge < -0.3 is 5.21 Å². The minimum Gasteiger partial charge on any atom is -0.411 e. The van der Waals surface area contributed by atoms with Crippen LogP contribution in [0.2, 0.25) is 0 Å². The SMILES string of the molecule is CC(=NO)C(c1ccccc1)c1ccccc1. The van der Waals surface area contributed by atoms with Crippen LogP contribution in [0.15, 0.2) is 65.8 Å². The zero-order valence-electron chi connectivity index (χ0n) is 9.75. The van der Waals surface area contributed by atoms with Crippen LogP contribution in [0.4, 0.5) is 0 Å². The minimum atomic E-state index is 0.0161. The van der Waals surface area contributed by atoms with Crippen molar-refractivity contribution < 1.29 is 5.21 Å². The Morgan fingerprint density at radius 2 is 1.29 bits per heavy atom. The van der Waals surface area contributed by atoms with E-state index >= 15 is 0 Å². The Morgan fingerprint density at radius 1 is 0.882 bits per heavy atom. The van der Waals surface area contributed by atoms with Crippen LogP contribution in [0.5, 0.6) is 0 Å². The van der Waals surface area contributed by atoms with Crippen molar-refractivity contribution in [2.75, 3.05) is 0 Å². The van der Waals surface area contributed by atoms with E-state index in [0.717, 1.165) is 11.1 Å². The summed E-state index contributed by atoms with van der Waals surface area (Å²) in [6.45, 7) is 1.84. The van der Waals surface area contributed by atoms with E-state index < -0.39 is 0 Å². The van der Waals surface area contributed by atoms with Crippen LogP contribution in [0, 0.1) is 0 Å². The van der Waals surface area contributed by atoms with Crippen LogP contribution in [0.1, 0.15) is 24.0 Å². The smallest absolute Gasteiger partial charge is 0.0658 e. The lowest BCUT2D eigenvalue weighted by Crippen LogP contribution is -2.10. The molecule has 0 spiro atoms. The van der Waals surface area contributed by atoms with Crippen molar-refractivity contribution in [3.05, 3.63) is 71.8 Å². The number of nitrogens with zero attached hydrogens (tertiary/aromatic N) is 1. The first-order chi connectivity index (χ1) is 8.33. The van der Waals surface area contributed by atoms with Crippen LogP contribution < -0.4 is 0 Å². The van der Waals surface area contributed by atoms with E-state index in [9.17, 15) is 0 Å². The predicted octanol–water partition coefficient (Wildman–Crippen LogP) is 3.67. The summed E-state index contributed by atoms with van der Waals surface area (Å²) >= 11 is 0. The van der Waals surface area contributed by atoms with Crippen molar-refractivity contribution in [1.82, 2.24) is 0 Å². The molecule has 1 N–H and O–H groups in total. The lowest BCUT2D eigenvalue weighted by Gasteiger charge is -2.16. The van der Waals surface area contributed by atoms with E-state index in [2.05, 4.69) is 5.16 Å². The molecule has 0 aliphatic heterocycles. The lowest BCUT2D eigenvalue weighted by atomic mass is 9.88. The Balaban J connectivity index is 2.47. The molecular formula is C15H15NO. The van der Waals surface area contributed by atoms with Gasteiger partial charge in [0.15, 0.2) is 0 Å². The Kier molecular flexibility index (Phi) is 3.55. The van der Waals surface area contributed by atoms with E-state index in [0.29, 0.717) is 5.71 Å². The summed E-state index contributed by atoms with van der Waals surface area (Å²) in [5.74, 6) is 0.0161. The second kappa shape index (κ2) is 5.30. The first kappa shape index (κ1) is 11.4. The number of oxime groups is 1. The summed E-state index contributed by atoms with van der Waals surface area (Å²) < 4.78 is 0. The molecule has 0 atom stereocenters. The molecule has 0 saturated heterocycles. The Morgan fingerprint density at radius 3 is 1.65 bits per heavy atom. The molecule has 0 aromatic heterocycles. The maximum Gasteiger partial charge on any atom is 0.0658 e. The summed E-state index contributed by atoms with van der Waals surface area (Å²) in [5, 5.41) is 12.4. The minimum absolute atomic E-state index is 0.0161. The molecule has 86 valence electrons. The summed E-state index contributed by atoms with van der Waals surface area (Å²) in [6, 6.07) is 20.1. The molecule has 0 aliphatic rings. The molecule has 0 unspecified atom stereocenters. The maximum absolute atomic E-state index is 9.02. The molecule has 0 heterocycles. The predicted molar refractivity (Wildman–Crippen MR) is 69.6 cm³/mol. The first-order valence-electron chi connectivity index (χ1n) is 5.61. The topological polar surface area (TPSA) is 32.6 Å². The largest absolute Gasteiger partial charge is 0.411 e. The average molecular weight is 225 g/mol. The highest BCUT2D eigenvalue weighted by molar-refractivity contribution is 5.91. The Labute approximate surface area is 101 Å².